The van der Waals surface area contributed by atoms with E-state index in [0.29, 0.717) is 23.0 Å². The molecule has 0 radical (unpaired) electrons. The van der Waals surface area contributed by atoms with E-state index in [1.165, 1.54) is 18.2 Å². The Morgan fingerprint density at radius 2 is 2.07 bits per heavy atom. The van der Waals surface area contributed by atoms with Crippen LogP contribution in [0.15, 0.2) is 54.3 Å². The summed E-state index contributed by atoms with van der Waals surface area (Å²) in [6.45, 7) is 7.78. The number of halogens is 2. The molecule has 0 spiro atoms. The van der Waals surface area contributed by atoms with E-state index in [1.54, 1.807) is 18.3 Å². The van der Waals surface area contributed by atoms with E-state index < -0.39 is 5.82 Å². The van der Waals surface area contributed by atoms with Crippen LogP contribution in [-0.4, -0.2) is 58.6 Å². The Kier molecular flexibility index (Phi) is 6.26. The monoisotopic (exact) mass is 390 g/mol. The molecule has 27 heavy (non-hydrogen) atoms. The summed E-state index contributed by atoms with van der Waals surface area (Å²) in [6.07, 6.45) is 3.44. The molecule has 0 bridgehead atoms. The van der Waals surface area contributed by atoms with E-state index in [9.17, 15) is 9.60 Å². The fraction of sp³-hybridized carbons (Fsp3) is 0.263. The van der Waals surface area contributed by atoms with Crippen molar-refractivity contribution < 1.29 is 14.3 Å². The summed E-state index contributed by atoms with van der Waals surface area (Å²) in [6, 6.07) is 7.49. The number of benzene rings is 1. The summed E-state index contributed by atoms with van der Waals surface area (Å²) in [4.78, 5) is 8.43. The zero-order chi connectivity index (χ0) is 19.2. The van der Waals surface area contributed by atoms with Crippen LogP contribution in [0.1, 0.15) is 5.56 Å². The van der Waals surface area contributed by atoms with Crippen LogP contribution < -0.4 is 4.74 Å². The predicted octanol–water partition coefficient (Wildman–Crippen LogP) is 3.61. The molecule has 2 aromatic rings. The number of aromatic nitrogens is 1. The van der Waals surface area contributed by atoms with E-state index in [4.69, 9.17) is 16.3 Å². The summed E-state index contributed by atoms with van der Waals surface area (Å²) in [5, 5.41) is 13.0. The Morgan fingerprint density at radius 3 is 2.74 bits per heavy atom. The van der Waals surface area contributed by atoms with Crippen LogP contribution in [0.4, 0.5) is 4.39 Å². The lowest BCUT2D eigenvalue weighted by Gasteiger charge is -2.35. The van der Waals surface area contributed by atoms with Crippen molar-refractivity contribution in [3.8, 4) is 11.6 Å². The van der Waals surface area contributed by atoms with Crippen molar-refractivity contribution in [3.05, 3.63) is 65.6 Å². The average molecular weight is 391 g/mol. The van der Waals surface area contributed by atoms with Crippen LogP contribution in [-0.2, 0) is 0 Å². The van der Waals surface area contributed by atoms with E-state index >= 15 is 0 Å². The third kappa shape index (κ3) is 4.75. The van der Waals surface area contributed by atoms with Gasteiger partial charge in [0.2, 0.25) is 5.88 Å². The Bertz CT molecular complexity index is 838. The average Bonchev–Trinajstić information content (AvgIpc) is 2.67. The van der Waals surface area contributed by atoms with Gasteiger partial charge in [0.25, 0.3) is 0 Å². The summed E-state index contributed by atoms with van der Waals surface area (Å²) in [5.41, 5.74) is 0.674. The number of ether oxygens (including phenoxy) is 1. The highest BCUT2D eigenvalue weighted by molar-refractivity contribution is 6.30. The summed E-state index contributed by atoms with van der Waals surface area (Å²) in [7, 11) is 0. The minimum atomic E-state index is -0.518. The molecular weight excluding hydrogens is 371 g/mol. The van der Waals surface area contributed by atoms with Gasteiger partial charge in [0.1, 0.15) is 11.6 Å². The molecule has 0 unspecified atom stereocenters. The first-order chi connectivity index (χ1) is 13.1. The number of nitrogens with zero attached hydrogens (tertiary/aromatic N) is 4. The minimum absolute atomic E-state index is 0.0290. The third-order valence-electron chi connectivity index (χ3n) is 4.26. The van der Waals surface area contributed by atoms with E-state index in [0.717, 1.165) is 32.7 Å². The van der Waals surface area contributed by atoms with Gasteiger partial charge in [-0.3, -0.25) is 4.90 Å². The highest BCUT2D eigenvalue weighted by atomic mass is 35.5. The van der Waals surface area contributed by atoms with Crippen LogP contribution in [0.2, 0.25) is 5.02 Å². The summed E-state index contributed by atoms with van der Waals surface area (Å²) in [5.74, 6) is 0.599. The van der Waals surface area contributed by atoms with E-state index in [1.807, 2.05) is 11.0 Å². The van der Waals surface area contributed by atoms with Gasteiger partial charge in [-0.05, 0) is 18.2 Å². The smallest absolute Gasteiger partial charge is 0.219 e. The minimum Gasteiger partial charge on any atom is -0.439 e. The maximum Gasteiger partial charge on any atom is 0.219 e. The molecule has 1 N–H and O–H groups in total. The molecule has 1 saturated heterocycles. The van der Waals surface area contributed by atoms with Gasteiger partial charge in [0.15, 0.2) is 5.84 Å². The van der Waals surface area contributed by atoms with Crippen molar-refractivity contribution in [2.45, 2.75) is 0 Å². The molecule has 2 heterocycles. The van der Waals surface area contributed by atoms with Crippen molar-refractivity contribution in [3.63, 3.8) is 0 Å². The number of piperazine rings is 1. The first-order valence-corrected chi connectivity index (χ1v) is 8.88. The van der Waals surface area contributed by atoms with Crippen molar-refractivity contribution in [2.75, 3.05) is 32.7 Å². The molecule has 6 nitrogen and oxygen atoms in total. The number of rotatable bonds is 5. The fourth-order valence-corrected chi connectivity index (χ4v) is 3.06. The molecule has 0 aliphatic carbocycles. The third-order valence-corrected chi connectivity index (χ3v) is 4.55. The molecule has 1 fully saturated rings. The van der Waals surface area contributed by atoms with Gasteiger partial charge in [-0.15, -0.1) is 6.58 Å². The molecular formula is C19H20ClFN4O2. The lowest BCUT2D eigenvalue weighted by Crippen LogP contribution is -2.48. The van der Waals surface area contributed by atoms with Crippen molar-refractivity contribution in [1.82, 2.24) is 14.8 Å². The van der Waals surface area contributed by atoms with Crippen LogP contribution in [0.3, 0.4) is 0 Å². The van der Waals surface area contributed by atoms with Gasteiger partial charge in [0.05, 0.1) is 5.02 Å². The van der Waals surface area contributed by atoms with Gasteiger partial charge in [-0.25, -0.2) is 9.37 Å². The fourth-order valence-electron chi connectivity index (χ4n) is 2.89. The Morgan fingerprint density at radius 1 is 1.30 bits per heavy atom. The van der Waals surface area contributed by atoms with E-state index in [-0.39, 0.29) is 5.02 Å². The number of hydrogen-bond donors (Lipinski definition) is 1. The predicted molar refractivity (Wildman–Crippen MR) is 102 cm³/mol. The molecule has 3 rings (SSSR count). The molecule has 0 atom stereocenters. The number of amidine groups is 1. The lowest BCUT2D eigenvalue weighted by molar-refractivity contribution is 0.192. The van der Waals surface area contributed by atoms with Crippen LogP contribution in [0, 0.1) is 5.82 Å². The molecule has 1 aliphatic heterocycles. The number of pyridine rings is 1. The van der Waals surface area contributed by atoms with Crippen LogP contribution in [0.5, 0.6) is 11.6 Å². The SMILES string of the molecule is C=CCN1CCN(/C(=N\O)c2ccnc(Oc3ccc(F)c(Cl)c3)c2)CC1. The van der Waals surface area contributed by atoms with Crippen molar-refractivity contribution in [1.29, 1.82) is 0 Å². The second-order valence-electron chi connectivity index (χ2n) is 6.06. The highest BCUT2D eigenvalue weighted by Gasteiger charge is 2.21. The standard InChI is InChI=1S/C19H20ClFN4O2/c1-2-7-24-8-10-25(11-9-24)19(23-26)14-5-6-22-18(12-14)27-15-3-4-17(21)16(20)13-15/h2-6,12-13,26H,1,7-11H2/b23-19-. The Hall–Kier alpha value is -2.64. The lowest BCUT2D eigenvalue weighted by atomic mass is 10.2. The maximum atomic E-state index is 13.3. The highest BCUT2D eigenvalue weighted by Crippen LogP contribution is 2.25. The van der Waals surface area contributed by atoms with Gasteiger partial charge < -0.3 is 14.8 Å². The zero-order valence-corrected chi connectivity index (χ0v) is 15.4. The van der Waals surface area contributed by atoms with Crippen LogP contribution in [0.25, 0.3) is 0 Å². The van der Waals surface area contributed by atoms with E-state index in [2.05, 4.69) is 21.6 Å². The van der Waals surface area contributed by atoms with Crippen molar-refractivity contribution >= 4 is 17.4 Å². The Balaban J connectivity index is 1.73. The first-order valence-electron chi connectivity index (χ1n) is 8.50. The second kappa shape index (κ2) is 8.83. The molecule has 8 heteroatoms. The molecule has 0 amide bonds. The summed E-state index contributed by atoms with van der Waals surface area (Å²) >= 11 is 5.78. The zero-order valence-electron chi connectivity index (χ0n) is 14.7. The quantitative estimate of drug-likeness (QED) is 0.278. The number of oxime groups is 1. The molecule has 1 aromatic heterocycles. The number of hydrogen-bond acceptors (Lipinski definition) is 5. The van der Waals surface area contributed by atoms with Gasteiger partial charge >= 0.3 is 0 Å². The van der Waals surface area contributed by atoms with Crippen LogP contribution >= 0.6 is 11.6 Å². The topological polar surface area (TPSA) is 61.2 Å². The van der Waals surface area contributed by atoms with Gasteiger partial charge in [0, 0.05) is 56.6 Å². The normalized spacial score (nSPS) is 15.6. The largest absolute Gasteiger partial charge is 0.439 e. The first kappa shape index (κ1) is 19.1. The van der Waals surface area contributed by atoms with Crippen molar-refractivity contribution in [2.24, 2.45) is 5.16 Å². The molecule has 142 valence electrons. The second-order valence-corrected chi connectivity index (χ2v) is 6.47. The molecule has 0 saturated carbocycles. The maximum absolute atomic E-state index is 13.3. The molecule has 1 aliphatic rings. The molecule has 1 aromatic carbocycles. The van der Waals surface area contributed by atoms with Gasteiger partial charge in [-0.1, -0.05) is 22.8 Å². The summed E-state index contributed by atoms with van der Waals surface area (Å²) < 4.78 is 18.9. The van der Waals surface area contributed by atoms with Gasteiger partial charge in [-0.2, -0.15) is 0 Å². The Labute approximate surface area is 162 Å².